The smallest absolute Gasteiger partial charge is 0.139 e. The molecule has 3 aromatic rings. The summed E-state index contributed by atoms with van der Waals surface area (Å²) in [4.78, 5) is 4.86. The molecule has 140 valence electrons. The van der Waals surface area contributed by atoms with Crippen molar-refractivity contribution in [3.63, 3.8) is 0 Å². The van der Waals surface area contributed by atoms with Gasteiger partial charge in [-0.15, -0.1) is 0 Å². The molecule has 0 atom stereocenters. The van der Waals surface area contributed by atoms with Crippen LogP contribution in [-0.2, 0) is 0 Å². The lowest BCUT2D eigenvalue weighted by Gasteiger charge is -2.28. The van der Waals surface area contributed by atoms with Crippen molar-refractivity contribution >= 4 is 11.5 Å². The molecule has 0 saturated carbocycles. The summed E-state index contributed by atoms with van der Waals surface area (Å²) in [6.07, 6.45) is 13.2. The molecule has 0 aliphatic rings. The molecular formula is C22H31N3O. The third-order valence-electron chi connectivity index (χ3n) is 4.94. The highest BCUT2D eigenvalue weighted by molar-refractivity contribution is 5.76. The summed E-state index contributed by atoms with van der Waals surface area (Å²) < 4.78 is 7.45. The zero-order valence-corrected chi connectivity index (χ0v) is 16.5. The first-order valence-corrected chi connectivity index (χ1v) is 9.79. The van der Waals surface area contributed by atoms with Gasteiger partial charge in [-0.2, -0.15) is 0 Å². The van der Waals surface area contributed by atoms with E-state index in [1.54, 1.807) is 12.5 Å². The summed E-state index contributed by atoms with van der Waals surface area (Å²) in [6, 6.07) is 6.21. The fraction of sp³-hybridized carbons (Fsp3) is 0.500. The second kappa shape index (κ2) is 7.98. The minimum Gasteiger partial charge on any atom is -0.472 e. The second-order valence-electron chi connectivity index (χ2n) is 7.93. The summed E-state index contributed by atoms with van der Waals surface area (Å²) >= 11 is 0. The fourth-order valence-electron chi connectivity index (χ4n) is 3.42. The van der Waals surface area contributed by atoms with Crippen LogP contribution in [0, 0.1) is 6.92 Å². The maximum Gasteiger partial charge on any atom is 0.139 e. The zero-order valence-electron chi connectivity index (χ0n) is 16.5. The molecule has 0 amide bonds. The molecule has 4 nitrogen and oxygen atoms in total. The third kappa shape index (κ3) is 4.29. The first kappa shape index (κ1) is 18.6. The monoisotopic (exact) mass is 353 g/mol. The average Bonchev–Trinajstić information content (AvgIpc) is 3.22. The molecule has 0 bridgehead atoms. The first-order chi connectivity index (χ1) is 12.5. The van der Waals surface area contributed by atoms with Crippen LogP contribution in [0.3, 0.4) is 0 Å². The lowest BCUT2D eigenvalue weighted by molar-refractivity contribution is 0.473. The van der Waals surface area contributed by atoms with E-state index in [1.165, 1.54) is 37.7 Å². The molecule has 0 aromatic carbocycles. The van der Waals surface area contributed by atoms with Crippen molar-refractivity contribution in [1.82, 2.24) is 9.38 Å². The Bertz CT molecular complexity index is 831. The van der Waals surface area contributed by atoms with E-state index >= 15 is 0 Å². The van der Waals surface area contributed by atoms with E-state index in [1.807, 2.05) is 6.07 Å². The van der Waals surface area contributed by atoms with Gasteiger partial charge in [0.05, 0.1) is 12.5 Å². The molecule has 0 aliphatic carbocycles. The third-order valence-corrected chi connectivity index (χ3v) is 4.94. The van der Waals surface area contributed by atoms with Crippen LogP contribution in [0.4, 0.5) is 5.82 Å². The van der Waals surface area contributed by atoms with Crippen LogP contribution < -0.4 is 5.32 Å². The Morgan fingerprint density at radius 3 is 2.69 bits per heavy atom. The maximum atomic E-state index is 5.30. The first-order valence-electron chi connectivity index (χ1n) is 9.79. The molecule has 0 radical (unpaired) electrons. The number of fused-ring (bicyclic) bond motifs is 1. The van der Waals surface area contributed by atoms with Crippen molar-refractivity contribution in [3.8, 4) is 11.3 Å². The van der Waals surface area contributed by atoms with Gasteiger partial charge in [0.1, 0.15) is 17.2 Å². The lowest BCUT2D eigenvalue weighted by atomic mass is 9.96. The van der Waals surface area contributed by atoms with Crippen LogP contribution in [0.2, 0.25) is 0 Å². The number of nitrogens with one attached hydrogen (secondary N) is 1. The number of imidazole rings is 1. The normalized spacial score (nSPS) is 12.0. The number of aryl methyl sites for hydroxylation is 1. The summed E-state index contributed by atoms with van der Waals surface area (Å²) in [5, 5.41) is 3.77. The molecule has 0 fully saturated rings. The van der Waals surface area contributed by atoms with Crippen molar-refractivity contribution in [2.24, 2.45) is 0 Å². The largest absolute Gasteiger partial charge is 0.472 e. The molecule has 0 spiro atoms. The van der Waals surface area contributed by atoms with Crippen LogP contribution in [0.5, 0.6) is 0 Å². The SMILES string of the molecule is CCCCCCCC(C)(C)Nc1c(-c2ccoc2)nc2cc(C)ccn12. The summed E-state index contributed by atoms with van der Waals surface area (Å²) in [7, 11) is 0. The van der Waals surface area contributed by atoms with Crippen LogP contribution in [0.1, 0.15) is 64.9 Å². The second-order valence-corrected chi connectivity index (χ2v) is 7.93. The van der Waals surface area contributed by atoms with Crippen molar-refractivity contribution in [2.75, 3.05) is 5.32 Å². The molecule has 3 aromatic heterocycles. The standard InChI is InChI=1S/C22H31N3O/c1-5-6-7-8-9-12-22(3,4)24-21-20(18-11-14-26-16-18)23-19-15-17(2)10-13-25(19)21/h10-11,13-16,24H,5-9,12H2,1-4H3. The zero-order chi connectivity index (χ0) is 18.6. The molecule has 0 aliphatic heterocycles. The minimum absolute atomic E-state index is 0.00551. The van der Waals surface area contributed by atoms with E-state index in [2.05, 4.69) is 55.7 Å². The van der Waals surface area contributed by atoms with E-state index in [-0.39, 0.29) is 5.54 Å². The van der Waals surface area contributed by atoms with Gasteiger partial charge in [-0.25, -0.2) is 4.98 Å². The Morgan fingerprint density at radius 2 is 1.96 bits per heavy atom. The van der Waals surface area contributed by atoms with Gasteiger partial charge >= 0.3 is 0 Å². The predicted octanol–water partition coefficient (Wildman–Crippen LogP) is 6.45. The van der Waals surface area contributed by atoms with Crippen molar-refractivity contribution < 1.29 is 4.42 Å². The van der Waals surface area contributed by atoms with E-state index in [0.717, 1.165) is 29.1 Å². The minimum atomic E-state index is 0.00551. The van der Waals surface area contributed by atoms with Crippen LogP contribution >= 0.6 is 0 Å². The average molecular weight is 354 g/mol. The molecule has 26 heavy (non-hydrogen) atoms. The molecule has 3 rings (SSSR count). The van der Waals surface area contributed by atoms with Gasteiger partial charge in [0.2, 0.25) is 0 Å². The molecule has 3 heterocycles. The highest BCUT2D eigenvalue weighted by Gasteiger charge is 2.23. The topological polar surface area (TPSA) is 42.5 Å². The quantitative estimate of drug-likeness (QED) is 0.449. The van der Waals surface area contributed by atoms with E-state index in [9.17, 15) is 0 Å². The molecule has 4 heteroatoms. The van der Waals surface area contributed by atoms with E-state index < -0.39 is 0 Å². The number of unbranched alkanes of at least 4 members (excludes halogenated alkanes) is 4. The van der Waals surface area contributed by atoms with Crippen molar-refractivity contribution in [1.29, 1.82) is 0 Å². The number of aromatic nitrogens is 2. The number of pyridine rings is 1. The van der Waals surface area contributed by atoms with Gasteiger partial charge < -0.3 is 9.73 Å². The van der Waals surface area contributed by atoms with Crippen LogP contribution in [0.15, 0.2) is 41.3 Å². The number of hydrogen-bond acceptors (Lipinski definition) is 3. The molecular weight excluding hydrogens is 322 g/mol. The van der Waals surface area contributed by atoms with Gasteiger partial charge in [0.25, 0.3) is 0 Å². The van der Waals surface area contributed by atoms with Gasteiger partial charge in [-0.3, -0.25) is 4.40 Å². The highest BCUT2D eigenvalue weighted by atomic mass is 16.3. The Morgan fingerprint density at radius 1 is 1.15 bits per heavy atom. The lowest BCUT2D eigenvalue weighted by Crippen LogP contribution is -2.31. The fourth-order valence-corrected chi connectivity index (χ4v) is 3.42. The van der Waals surface area contributed by atoms with Crippen molar-refractivity contribution in [3.05, 3.63) is 42.5 Å². The summed E-state index contributed by atoms with van der Waals surface area (Å²) in [6.45, 7) is 8.91. The number of hydrogen-bond donors (Lipinski definition) is 1. The van der Waals surface area contributed by atoms with Gasteiger partial charge in [-0.05, 0) is 51.0 Å². The number of rotatable bonds is 9. The van der Waals surface area contributed by atoms with Gasteiger partial charge in [-0.1, -0.05) is 39.0 Å². The van der Waals surface area contributed by atoms with Gasteiger partial charge in [0.15, 0.2) is 0 Å². The van der Waals surface area contributed by atoms with Crippen molar-refractivity contribution in [2.45, 2.75) is 71.8 Å². The number of furan rings is 1. The Balaban J connectivity index is 1.84. The molecule has 1 N–H and O–H groups in total. The Kier molecular flexibility index (Phi) is 5.70. The van der Waals surface area contributed by atoms with E-state index in [0.29, 0.717) is 0 Å². The van der Waals surface area contributed by atoms with Crippen LogP contribution in [0.25, 0.3) is 16.9 Å². The van der Waals surface area contributed by atoms with Gasteiger partial charge in [0, 0.05) is 17.3 Å². The summed E-state index contributed by atoms with van der Waals surface area (Å²) in [5.74, 6) is 1.04. The van der Waals surface area contributed by atoms with Crippen LogP contribution in [-0.4, -0.2) is 14.9 Å². The number of nitrogens with zero attached hydrogens (tertiary/aromatic N) is 2. The Hall–Kier alpha value is -2.23. The predicted molar refractivity (Wildman–Crippen MR) is 109 cm³/mol. The highest BCUT2D eigenvalue weighted by Crippen LogP contribution is 2.32. The summed E-state index contributed by atoms with van der Waals surface area (Å²) in [5.41, 5.74) is 4.13. The number of anilines is 1. The maximum absolute atomic E-state index is 5.30. The molecule has 0 saturated heterocycles. The Labute approximate surface area is 156 Å². The molecule has 0 unspecified atom stereocenters. The van der Waals surface area contributed by atoms with E-state index in [4.69, 9.17) is 9.40 Å².